The number of nitro benzene ring substituents is 1. The first-order chi connectivity index (χ1) is 9.95. The van der Waals surface area contributed by atoms with Gasteiger partial charge in [0.15, 0.2) is 0 Å². The Hall–Kier alpha value is -2.15. The number of benzene rings is 1. The highest BCUT2D eigenvalue weighted by molar-refractivity contribution is 5.92. The van der Waals surface area contributed by atoms with Crippen molar-refractivity contribution in [2.75, 3.05) is 18.5 Å². The van der Waals surface area contributed by atoms with Crippen LogP contribution in [0.5, 0.6) is 0 Å². The van der Waals surface area contributed by atoms with Crippen LogP contribution >= 0.6 is 0 Å². The van der Waals surface area contributed by atoms with E-state index >= 15 is 0 Å². The van der Waals surface area contributed by atoms with Crippen molar-refractivity contribution in [2.24, 2.45) is 0 Å². The normalized spacial score (nSPS) is 17.9. The lowest BCUT2D eigenvalue weighted by Crippen LogP contribution is -2.40. The van der Waals surface area contributed by atoms with E-state index < -0.39 is 4.92 Å². The molecule has 2 rings (SSSR count). The summed E-state index contributed by atoms with van der Waals surface area (Å²) in [5.41, 5.74) is 1.66. The Bertz CT molecular complexity index is 574. The zero-order valence-electron chi connectivity index (χ0n) is 12.1. The molecule has 0 aliphatic carbocycles. The van der Waals surface area contributed by atoms with Crippen LogP contribution in [0.3, 0.4) is 0 Å². The topological polar surface area (TPSA) is 95.7 Å². The number of anilines is 1. The fraction of sp³-hybridized carbons (Fsp3) is 0.500. The molecule has 1 saturated heterocycles. The number of aryl methyl sites for hydroxylation is 1. The molecule has 1 aromatic carbocycles. The van der Waals surface area contributed by atoms with Crippen LogP contribution in [-0.2, 0) is 0 Å². The summed E-state index contributed by atoms with van der Waals surface area (Å²) < 4.78 is 0. The van der Waals surface area contributed by atoms with E-state index in [2.05, 4.69) is 5.32 Å². The summed E-state index contributed by atoms with van der Waals surface area (Å²) >= 11 is 0. The van der Waals surface area contributed by atoms with E-state index in [1.807, 2.05) is 0 Å². The highest BCUT2D eigenvalue weighted by Crippen LogP contribution is 2.29. The summed E-state index contributed by atoms with van der Waals surface area (Å²) in [5, 5.41) is 23.0. The van der Waals surface area contributed by atoms with Crippen molar-refractivity contribution in [2.45, 2.75) is 32.7 Å². The van der Waals surface area contributed by atoms with Crippen molar-refractivity contribution in [1.29, 1.82) is 0 Å². The van der Waals surface area contributed by atoms with E-state index in [1.165, 1.54) is 6.07 Å². The standard InChI is InChI=1S/C14H19N3O4/c1-9-5-6-12(17(20)21)10(2)13(9)15-14(19)16-7-3-4-11(16)8-18/h5-6,11,18H,3-4,7-8H2,1-2H3,(H,15,19)/t11-/m0/s1. The fourth-order valence-corrected chi connectivity index (χ4v) is 2.70. The lowest BCUT2D eigenvalue weighted by Gasteiger charge is -2.24. The number of rotatable bonds is 3. The molecule has 7 heteroatoms. The Labute approximate surface area is 122 Å². The molecule has 0 saturated carbocycles. The molecule has 1 aromatic rings. The second-order valence-electron chi connectivity index (χ2n) is 5.26. The molecule has 1 atom stereocenters. The zero-order chi connectivity index (χ0) is 15.6. The maximum absolute atomic E-state index is 12.3. The number of urea groups is 1. The average Bonchev–Trinajstić information content (AvgIpc) is 2.91. The van der Waals surface area contributed by atoms with Crippen LogP contribution in [0.25, 0.3) is 0 Å². The van der Waals surface area contributed by atoms with Gasteiger partial charge in [0.05, 0.1) is 28.8 Å². The summed E-state index contributed by atoms with van der Waals surface area (Å²) in [5.74, 6) is 0. The summed E-state index contributed by atoms with van der Waals surface area (Å²) in [7, 11) is 0. The van der Waals surface area contributed by atoms with Gasteiger partial charge in [0, 0.05) is 12.6 Å². The third-order valence-corrected chi connectivity index (χ3v) is 3.92. The van der Waals surface area contributed by atoms with Crippen LogP contribution in [0.2, 0.25) is 0 Å². The van der Waals surface area contributed by atoms with Crippen molar-refractivity contribution in [3.8, 4) is 0 Å². The van der Waals surface area contributed by atoms with Gasteiger partial charge in [-0.2, -0.15) is 0 Å². The molecular weight excluding hydrogens is 274 g/mol. The first-order valence-electron chi connectivity index (χ1n) is 6.88. The number of likely N-dealkylation sites (tertiary alicyclic amines) is 1. The van der Waals surface area contributed by atoms with Gasteiger partial charge in [-0.05, 0) is 32.3 Å². The highest BCUT2D eigenvalue weighted by Gasteiger charge is 2.29. The predicted octanol–water partition coefficient (Wildman–Crippen LogP) is 2.20. The van der Waals surface area contributed by atoms with Crippen molar-refractivity contribution < 1.29 is 14.8 Å². The highest BCUT2D eigenvalue weighted by atomic mass is 16.6. The molecule has 114 valence electrons. The van der Waals surface area contributed by atoms with Crippen LogP contribution in [0, 0.1) is 24.0 Å². The molecular formula is C14H19N3O4. The molecule has 1 heterocycles. The zero-order valence-corrected chi connectivity index (χ0v) is 12.1. The minimum Gasteiger partial charge on any atom is -0.394 e. The molecule has 0 bridgehead atoms. The van der Waals surface area contributed by atoms with Gasteiger partial charge in [-0.15, -0.1) is 0 Å². The molecule has 0 spiro atoms. The second-order valence-corrected chi connectivity index (χ2v) is 5.26. The Balaban J connectivity index is 2.25. The largest absolute Gasteiger partial charge is 0.394 e. The lowest BCUT2D eigenvalue weighted by atomic mass is 10.1. The van der Waals surface area contributed by atoms with Gasteiger partial charge in [-0.3, -0.25) is 10.1 Å². The van der Waals surface area contributed by atoms with Crippen LogP contribution in [0.15, 0.2) is 12.1 Å². The van der Waals surface area contributed by atoms with Crippen molar-refractivity contribution in [1.82, 2.24) is 4.90 Å². The first-order valence-corrected chi connectivity index (χ1v) is 6.88. The molecule has 1 aliphatic heterocycles. The lowest BCUT2D eigenvalue weighted by molar-refractivity contribution is -0.385. The van der Waals surface area contributed by atoms with E-state index in [9.17, 15) is 20.0 Å². The molecule has 0 unspecified atom stereocenters. The number of carbonyl (C=O) groups excluding carboxylic acids is 1. The molecule has 7 nitrogen and oxygen atoms in total. The molecule has 0 aromatic heterocycles. The van der Waals surface area contributed by atoms with E-state index in [-0.39, 0.29) is 24.4 Å². The number of hydrogen-bond donors (Lipinski definition) is 2. The SMILES string of the molecule is Cc1ccc([N+](=O)[O-])c(C)c1NC(=O)N1CCC[C@H]1CO. The van der Waals surface area contributed by atoms with Crippen LogP contribution in [0.4, 0.5) is 16.2 Å². The predicted molar refractivity (Wildman–Crippen MR) is 78.4 cm³/mol. The number of aliphatic hydroxyl groups excluding tert-OH is 1. The number of amides is 2. The van der Waals surface area contributed by atoms with E-state index in [1.54, 1.807) is 24.8 Å². The van der Waals surface area contributed by atoms with Gasteiger partial charge in [-0.25, -0.2) is 4.79 Å². The summed E-state index contributed by atoms with van der Waals surface area (Å²) in [4.78, 5) is 24.4. The van der Waals surface area contributed by atoms with Crippen molar-refractivity contribution in [3.05, 3.63) is 33.4 Å². The van der Waals surface area contributed by atoms with Gasteiger partial charge in [0.2, 0.25) is 0 Å². The Morgan fingerprint density at radius 2 is 2.24 bits per heavy atom. The van der Waals surface area contributed by atoms with E-state index in [4.69, 9.17) is 0 Å². The van der Waals surface area contributed by atoms with Crippen molar-refractivity contribution in [3.63, 3.8) is 0 Å². The number of aliphatic hydroxyl groups is 1. The third kappa shape index (κ3) is 2.97. The Morgan fingerprint density at radius 1 is 1.52 bits per heavy atom. The maximum atomic E-state index is 12.3. The fourth-order valence-electron chi connectivity index (χ4n) is 2.70. The van der Waals surface area contributed by atoms with Crippen LogP contribution in [0.1, 0.15) is 24.0 Å². The van der Waals surface area contributed by atoms with Crippen molar-refractivity contribution >= 4 is 17.4 Å². The van der Waals surface area contributed by atoms with E-state index in [0.717, 1.165) is 18.4 Å². The Morgan fingerprint density at radius 3 is 2.86 bits per heavy atom. The molecule has 2 N–H and O–H groups in total. The second kappa shape index (κ2) is 6.09. The smallest absolute Gasteiger partial charge is 0.322 e. The summed E-state index contributed by atoms with van der Waals surface area (Å²) in [6.07, 6.45) is 1.63. The summed E-state index contributed by atoms with van der Waals surface area (Å²) in [6.45, 7) is 3.93. The minimum absolute atomic E-state index is 0.0176. The average molecular weight is 293 g/mol. The number of nitrogens with zero attached hydrogens (tertiary/aromatic N) is 2. The van der Waals surface area contributed by atoms with E-state index in [0.29, 0.717) is 17.8 Å². The van der Waals surface area contributed by atoms with Crippen LogP contribution in [-0.4, -0.2) is 40.2 Å². The van der Waals surface area contributed by atoms with Gasteiger partial charge in [0.1, 0.15) is 0 Å². The molecule has 0 radical (unpaired) electrons. The number of carbonyl (C=O) groups is 1. The third-order valence-electron chi connectivity index (χ3n) is 3.92. The monoisotopic (exact) mass is 293 g/mol. The minimum atomic E-state index is -0.461. The summed E-state index contributed by atoms with van der Waals surface area (Å²) in [6, 6.07) is 2.56. The molecule has 1 fully saturated rings. The molecule has 1 aliphatic rings. The van der Waals surface area contributed by atoms with Gasteiger partial charge in [0.25, 0.3) is 5.69 Å². The van der Waals surface area contributed by atoms with Gasteiger partial charge < -0.3 is 15.3 Å². The van der Waals surface area contributed by atoms with Gasteiger partial charge in [-0.1, -0.05) is 6.07 Å². The Kier molecular flexibility index (Phi) is 4.42. The maximum Gasteiger partial charge on any atom is 0.322 e. The first kappa shape index (κ1) is 15.2. The molecule has 2 amide bonds. The number of hydrogen-bond acceptors (Lipinski definition) is 4. The quantitative estimate of drug-likeness (QED) is 0.659. The number of nitro groups is 1. The number of nitrogens with one attached hydrogen (secondary N) is 1. The molecule has 21 heavy (non-hydrogen) atoms. The van der Waals surface area contributed by atoms with Crippen LogP contribution < -0.4 is 5.32 Å². The van der Waals surface area contributed by atoms with Gasteiger partial charge >= 0.3 is 6.03 Å².